The van der Waals surface area contributed by atoms with E-state index in [1.54, 1.807) is 6.07 Å². The molecule has 1 heterocycles. The predicted molar refractivity (Wildman–Crippen MR) is 54.3 cm³/mol. The molecule has 0 radical (unpaired) electrons. The molecule has 0 atom stereocenters. The van der Waals surface area contributed by atoms with Crippen molar-refractivity contribution in [3.8, 4) is 0 Å². The first-order valence-electron chi connectivity index (χ1n) is 4.27. The van der Waals surface area contributed by atoms with E-state index in [1.807, 2.05) is 13.8 Å². The lowest BCUT2D eigenvalue weighted by Crippen LogP contribution is -2.21. The third kappa shape index (κ3) is 3.69. The molecule has 78 valence electrons. The van der Waals surface area contributed by atoms with Crippen molar-refractivity contribution < 1.29 is 8.42 Å². The van der Waals surface area contributed by atoms with Gasteiger partial charge in [0.1, 0.15) is 0 Å². The van der Waals surface area contributed by atoms with E-state index in [0.29, 0.717) is 0 Å². The summed E-state index contributed by atoms with van der Waals surface area (Å²) in [7, 11) is -3.31. The summed E-state index contributed by atoms with van der Waals surface area (Å²) in [5.74, 6) is 0.273. The van der Waals surface area contributed by atoms with Gasteiger partial charge in [0, 0.05) is 12.4 Å². The van der Waals surface area contributed by atoms with Crippen LogP contribution in [0, 0.1) is 5.92 Å². The minimum absolute atomic E-state index is 0.0747. The second kappa shape index (κ2) is 4.36. The molecule has 0 amide bonds. The van der Waals surface area contributed by atoms with Crippen LogP contribution in [-0.2, 0) is 10.0 Å². The number of aromatic nitrogens is 2. The zero-order chi connectivity index (χ0) is 10.6. The number of nitrogens with zero attached hydrogens (tertiary/aromatic N) is 2. The molecule has 0 fully saturated rings. The van der Waals surface area contributed by atoms with Crippen LogP contribution in [-0.4, -0.2) is 24.1 Å². The summed E-state index contributed by atoms with van der Waals surface area (Å²) in [5, 5.41) is 0. The van der Waals surface area contributed by atoms with Crippen LogP contribution in [0.4, 0.5) is 5.95 Å². The average Bonchev–Trinajstić information content (AvgIpc) is 2.02. The highest BCUT2D eigenvalue weighted by molar-refractivity contribution is 7.92. The van der Waals surface area contributed by atoms with Crippen LogP contribution in [0.15, 0.2) is 18.5 Å². The molecule has 14 heavy (non-hydrogen) atoms. The molecule has 0 bridgehead atoms. The van der Waals surface area contributed by atoms with Crippen molar-refractivity contribution in [2.75, 3.05) is 10.5 Å². The van der Waals surface area contributed by atoms with Gasteiger partial charge in [-0.2, -0.15) is 0 Å². The Morgan fingerprint density at radius 2 is 1.93 bits per heavy atom. The van der Waals surface area contributed by atoms with Crippen LogP contribution in [0.5, 0.6) is 0 Å². The highest BCUT2D eigenvalue weighted by Crippen LogP contribution is 2.03. The largest absolute Gasteiger partial charge is 0.251 e. The van der Waals surface area contributed by atoms with Crippen molar-refractivity contribution in [3.63, 3.8) is 0 Å². The number of hydrogen-bond donors (Lipinski definition) is 1. The van der Waals surface area contributed by atoms with E-state index in [2.05, 4.69) is 14.7 Å². The Hall–Kier alpha value is -1.17. The quantitative estimate of drug-likeness (QED) is 0.809. The number of hydrogen-bond acceptors (Lipinski definition) is 4. The van der Waals surface area contributed by atoms with Gasteiger partial charge in [-0.3, -0.25) is 4.72 Å². The lowest BCUT2D eigenvalue weighted by atomic mass is 10.3. The third-order valence-electron chi connectivity index (χ3n) is 1.37. The fourth-order valence-electron chi connectivity index (χ4n) is 0.971. The molecule has 0 saturated carbocycles. The van der Waals surface area contributed by atoms with Crippen LogP contribution < -0.4 is 4.72 Å². The van der Waals surface area contributed by atoms with Crippen molar-refractivity contribution in [1.82, 2.24) is 9.97 Å². The molecule has 0 aromatic carbocycles. The van der Waals surface area contributed by atoms with Crippen LogP contribution in [0.3, 0.4) is 0 Å². The Labute approximate surface area is 83.6 Å². The first-order valence-corrected chi connectivity index (χ1v) is 5.92. The Bertz CT molecular complexity index is 375. The highest BCUT2D eigenvalue weighted by atomic mass is 32.2. The lowest BCUT2D eigenvalue weighted by Gasteiger charge is -2.07. The summed E-state index contributed by atoms with van der Waals surface area (Å²) in [4.78, 5) is 7.54. The monoisotopic (exact) mass is 215 g/mol. The van der Waals surface area contributed by atoms with Crippen molar-refractivity contribution >= 4 is 16.0 Å². The SMILES string of the molecule is CC(C)CS(=O)(=O)Nc1ncccn1. The van der Waals surface area contributed by atoms with Crippen molar-refractivity contribution in [2.24, 2.45) is 5.92 Å². The molecule has 1 aromatic rings. The van der Waals surface area contributed by atoms with Gasteiger partial charge in [-0.25, -0.2) is 18.4 Å². The van der Waals surface area contributed by atoms with Gasteiger partial charge >= 0.3 is 0 Å². The van der Waals surface area contributed by atoms with E-state index >= 15 is 0 Å². The Balaban J connectivity index is 2.70. The van der Waals surface area contributed by atoms with Crippen molar-refractivity contribution in [2.45, 2.75) is 13.8 Å². The summed E-state index contributed by atoms with van der Waals surface area (Å²) in [6.07, 6.45) is 2.97. The molecule has 0 saturated heterocycles. The topological polar surface area (TPSA) is 72.0 Å². The van der Waals surface area contributed by atoms with E-state index in [9.17, 15) is 8.42 Å². The van der Waals surface area contributed by atoms with E-state index in [4.69, 9.17) is 0 Å². The van der Waals surface area contributed by atoms with Crippen LogP contribution >= 0.6 is 0 Å². The van der Waals surface area contributed by atoms with Gasteiger partial charge in [-0.05, 0) is 12.0 Å². The van der Waals surface area contributed by atoms with Gasteiger partial charge in [0.2, 0.25) is 16.0 Å². The zero-order valence-electron chi connectivity index (χ0n) is 8.14. The van der Waals surface area contributed by atoms with Crippen LogP contribution in [0.25, 0.3) is 0 Å². The second-order valence-corrected chi connectivity index (χ2v) is 5.12. The van der Waals surface area contributed by atoms with Gasteiger partial charge in [0.15, 0.2) is 0 Å². The molecule has 6 heteroatoms. The third-order valence-corrected chi connectivity index (χ3v) is 2.96. The molecule has 0 spiro atoms. The van der Waals surface area contributed by atoms with Crippen molar-refractivity contribution in [3.05, 3.63) is 18.5 Å². The maximum atomic E-state index is 11.4. The molecule has 1 N–H and O–H groups in total. The smallest absolute Gasteiger partial charge is 0.236 e. The molecular weight excluding hydrogens is 202 g/mol. The molecular formula is C8H13N3O2S. The van der Waals surface area contributed by atoms with Gasteiger partial charge in [-0.15, -0.1) is 0 Å². The molecule has 5 nitrogen and oxygen atoms in total. The summed E-state index contributed by atoms with van der Waals surface area (Å²) in [6.45, 7) is 3.68. The fourth-order valence-corrected chi connectivity index (χ4v) is 2.32. The Kier molecular flexibility index (Phi) is 3.40. The number of rotatable bonds is 4. The predicted octanol–water partition coefficient (Wildman–Crippen LogP) is 0.874. The Morgan fingerprint density at radius 1 is 1.36 bits per heavy atom. The molecule has 0 aliphatic heterocycles. The van der Waals surface area contributed by atoms with Gasteiger partial charge in [0.25, 0.3) is 0 Å². The van der Waals surface area contributed by atoms with E-state index in [1.165, 1.54) is 12.4 Å². The minimum atomic E-state index is -3.31. The molecule has 1 rings (SSSR count). The molecule has 1 aromatic heterocycles. The maximum absolute atomic E-state index is 11.4. The fraction of sp³-hybridized carbons (Fsp3) is 0.500. The van der Waals surface area contributed by atoms with Crippen LogP contribution in [0.1, 0.15) is 13.8 Å². The van der Waals surface area contributed by atoms with E-state index in [-0.39, 0.29) is 17.6 Å². The second-order valence-electron chi connectivity index (χ2n) is 3.35. The number of sulfonamides is 1. The highest BCUT2D eigenvalue weighted by Gasteiger charge is 2.13. The van der Waals surface area contributed by atoms with Gasteiger partial charge < -0.3 is 0 Å². The first kappa shape index (κ1) is 10.9. The first-order chi connectivity index (χ1) is 6.49. The van der Waals surface area contributed by atoms with Gasteiger partial charge in [-0.1, -0.05) is 13.8 Å². The maximum Gasteiger partial charge on any atom is 0.236 e. The summed E-state index contributed by atoms with van der Waals surface area (Å²) in [5.41, 5.74) is 0. The Morgan fingerprint density at radius 3 is 2.43 bits per heavy atom. The van der Waals surface area contributed by atoms with E-state index in [0.717, 1.165) is 0 Å². The van der Waals surface area contributed by atoms with Gasteiger partial charge in [0.05, 0.1) is 5.75 Å². The van der Waals surface area contributed by atoms with E-state index < -0.39 is 10.0 Å². The molecule has 0 aliphatic carbocycles. The number of anilines is 1. The summed E-state index contributed by atoms with van der Waals surface area (Å²) >= 11 is 0. The lowest BCUT2D eigenvalue weighted by molar-refractivity contribution is 0.587. The minimum Gasteiger partial charge on any atom is -0.251 e. The summed E-state index contributed by atoms with van der Waals surface area (Å²) in [6, 6.07) is 1.63. The normalized spacial score (nSPS) is 11.6. The molecule has 0 aliphatic rings. The molecule has 0 unspecified atom stereocenters. The van der Waals surface area contributed by atoms with Crippen molar-refractivity contribution in [1.29, 1.82) is 0 Å². The van der Waals surface area contributed by atoms with Crippen LogP contribution in [0.2, 0.25) is 0 Å². The standard InChI is InChI=1S/C8H13N3O2S/c1-7(2)6-14(12,13)11-8-9-4-3-5-10-8/h3-5,7H,6H2,1-2H3,(H,9,10,11). The zero-order valence-corrected chi connectivity index (χ0v) is 8.95. The average molecular weight is 215 g/mol. The summed E-state index contributed by atoms with van der Waals surface area (Å²) < 4.78 is 25.1. The number of nitrogens with one attached hydrogen (secondary N) is 1.